The first kappa shape index (κ1) is 16.6. The molecule has 1 unspecified atom stereocenters. The van der Waals surface area contributed by atoms with Crippen molar-refractivity contribution in [2.24, 2.45) is 0 Å². The summed E-state index contributed by atoms with van der Waals surface area (Å²) in [5, 5.41) is 8.17. The van der Waals surface area contributed by atoms with Gasteiger partial charge in [-0.2, -0.15) is 0 Å². The Balaban J connectivity index is 1.54. The molecule has 1 atom stereocenters. The molecule has 3 N–H and O–H groups in total. The zero-order chi connectivity index (χ0) is 17.6. The SMILES string of the molecule is O=C(CCC1NC(=O)c2ccccc2NC1=O)NCc1cccnc1. The molecule has 0 saturated heterocycles. The van der Waals surface area contributed by atoms with Gasteiger partial charge in [0.05, 0.1) is 11.3 Å². The summed E-state index contributed by atoms with van der Waals surface area (Å²) in [6.45, 7) is 0.376. The molecule has 0 radical (unpaired) electrons. The van der Waals surface area contributed by atoms with Crippen LogP contribution in [-0.4, -0.2) is 28.7 Å². The van der Waals surface area contributed by atoms with Crippen LogP contribution in [0.1, 0.15) is 28.8 Å². The Morgan fingerprint density at radius 1 is 1.16 bits per heavy atom. The molecule has 25 heavy (non-hydrogen) atoms. The van der Waals surface area contributed by atoms with Gasteiger partial charge in [-0.15, -0.1) is 0 Å². The molecule has 0 fully saturated rings. The van der Waals surface area contributed by atoms with Gasteiger partial charge in [-0.3, -0.25) is 19.4 Å². The highest BCUT2D eigenvalue weighted by Gasteiger charge is 2.27. The number of aromatic nitrogens is 1. The van der Waals surface area contributed by atoms with E-state index >= 15 is 0 Å². The van der Waals surface area contributed by atoms with Gasteiger partial charge in [0.25, 0.3) is 5.91 Å². The van der Waals surface area contributed by atoms with Gasteiger partial charge in [-0.1, -0.05) is 18.2 Å². The first-order valence-electron chi connectivity index (χ1n) is 8.00. The van der Waals surface area contributed by atoms with Gasteiger partial charge < -0.3 is 16.0 Å². The number of hydrogen-bond acceptors (Lipinski definition) is 4. The number of nitrogens with one attached hydrogen (secondary N) is 3. The Bertz CT molecular complexity index is 792. The van der Waals surface area contributed by atoms with Crippen LogP contribution in [0, 0.1) is 0 Å². The van der Waals surface area contributed by atoms with Gasteiger partial charge in [0.1, 0.15) is 6.04 Å². The number of hydrogen-bond donors (Lipinski definition) is 3. The Morgan fingerprint density at radius 2 is 2.00 bits per heavy atom. The predicted octanol–water partition coefficient (Wildman–Crippen LogP) is 1.23. The van der Waals surface area contributed by atoms with E-state index in [0.717, 1.165) is 5.56 Å². The van der Waals surface area contributed by atoms with Crippen LogP contribution < -0.4 is 16.0 Å². The first-order chi connectivity index (χ1) is 12.1. The van der Waals surface area contributed by atoms with Crippen molar-refractivity contribution >= 4 is 23.4 Å². The van der Waals surface area contributed by atoms with E-state index in [9.17, 15) is 14.4 Å². The lowest BCUT2D eigenvalue weighted by atomic mass is 10.1. The summed E-state index contributed by atoms with van der Waals surface area (Å²) < 4.78 is 0. The lowest BCUT2D eigenvalue weighted by molar-refractivity contribution is -0.122. The topological polar surface area (TPSA) is 100 Å². The summed E-state index contributed by atoms with van der Waals surface area (Å²) in [6.07, 6.45) is 3.70. The van der Waals surface area contributed by atoms with Gasteiger partial charge in [-0.25, -0.2) is 0 Å². The summed E-state index contributed by atoms with van der Waals surface area (Å²) >= 11 is 0. The highest BCUT2D eigenvalue weighted by Crippen LogP contribution is 2.19. The molecule has 2 aromatic rings. The maximum Gasteiger partial charge on any atom is 0.254 e. The molecule has 0 bridgehead atoms. The number of fused-ring (bicyclic) bond motifs is 1. The summed E-state index contributed by atoms with van der Waals surface area (Å²) in [6, 6.07) is 9.72. The molecular formula is C18H18N4O3. The van der Waals surface area contributed by atoms with Gasteiger partial charge in [0.2, 0.25) is 11.8 Å². The van der Waals surface area contributed by atoms with Crippen molar-refractivity contribution in [3.63, 3.8) is 0 Å². The third kappa shape index (κ3) is 4.20. The van der Waals surface area contributed by atoms with E-state index in [1.807, 2.05) is 6.07 Å². The fraction of sp³-hybridized carbons (Fsp3) is 0.222. The normalized spacial score (nSPS) is 16.2. The molecule has 0 saturated carbocycles. The number of carbonyl (C=O) groups excluding carboxylic acids is 3. The molecule has 3 rings (SSSR count). The Morgan fingerprint density at radius 3 is 2.80 bits per heavy atom. The third-order valence-electron chi connectivity index (χ3n) is 3.92. The zero-order valence-electron chi connectivity index (χ0n) is 13.5. The maximum atomic E-state index is 12.2. The second-order valence-electron chi connectivity index (χ2n) is 5.74. The number of nitrogens with zero attached hydrogens (tertiary/aromatic N) is 1. The van der Waals surface area contributed by atoms with E-state index in [-0.39, 0.29) is 30.6 Å². The quantitative estimate of drug-likeness (QED) is 0.763. The fourth-order valence-electron chi connectivity index (χ4n) is 2.58. The lowest BCUT2D eigenvalue weighted by Crippen LogP contribution is -2.42. The van der Waals surface area contributed by atoms with E-state index in [1.54, 1.807) is 42.7 Å². The smallest absolute Gasteiger partial charge is 0.254 e. The maximum absolute atomic E-state index is 12.2. The first-order valence-corrected chi connectivity index (χ1v) is 8.00. The largest absolute Gasteiger partial charge is 0.352 e. The van der Waals surface area contributed by atoms with Crippen molar-refractivity contribution in [2.75, 3.05) is 5.32 Å². The molecule has 1 aromatic heterocycles. The standard InChI is InChI=1S/C18H18N4O3/c23-16(20-11-12-4-3-9-19-10-12)8-7-15-18(25)21-14-6-2-1-5-13(14)17(24)22-15/h1-6,9-10,15H,7-8,11H2,(H,20,23)(H,21,25)(H,22,24). The number of benzene rings is 1. The average Bonchev–Trinajstić information content (AvgIpc) is 2.75. The minimum absolute atomic E-state index is 0.134. The van der Waals surface area contributed by atoms with Crippen molar-refractivity contribution in [2.45, 2.75) is 25.4 Å². The second-order valence-corrected chi connectivity index (χ2v) is 5.74. The summed E-state index contributed by atoms with van der Waals surface area (Å²) in [5.74, 6) is -0.833. The Labute approximate surface area is 144 Å². The van der Waals surface area contributed by atoms with Crippen LogP contribution in [0.15, 0.2) is 48.8 Å². The van der Waals surface area contributed by atoms with E-state index < -0.39 is 6.04 Å². The minimum Gasteiger partial charge on any atom is -0.352 e. The van der Waals surface area contributed by atoms with Crippen LogP contribution in [-0.2, 0) is 16.1 Å². The lowest BCUT2D eigenvalue weighted by Gasteiger charge is -2.14. The minimum atomic E-state index is -0.746. The number of para-hydroxylation sites is 1. The van der Waals surface area contributed by atoms with Crippen molar-refractivity contribution in [3.05, 3.63) is 59.9 Å². The molecule has 0 aliphatic carbocycles. The number of anilines is 1. The van der Waals surface area contributed by atoms with Gasteiger partial charge >= 0.3 is 0 Å². The highest BCUT2D eigenvalue weighted by molar-refractivity contribution is 6.09. The fourth-order valence-corrected chi connectivity index (χ4v) is 2.58. The molecular weight excluding hydrogens is 320 g/mol. The van der Waals surface area contributed by atoms with Gasteiger partial charge in [0.15, 0.2) is 0 Å². The van der Waals surface area contributed by atoms with Crippen molar-refractivity contribution < 1.29 is 14.4 Å². The van der Waals surface area contributed by atoms with Crippen molar-refractivity contribution in [1.82, 2.24) is 15.6 Å². The summed E-state index contributed by atoms with van der Waals surface area (Å²) in [5.41, 5.74) is 1.79. The Hall–Kier alpha value is -3.22. The van der Waals surface area contributed by atoms with Crippen LogP contribution in [0.5, 0.6) is 0 Å². The van der Waals surface area contributed by atoms with E-state index in [1.165, 1.54) is 0 Å². The van der Waals surface area contributed by atoms with Gasteiger partial charge in [0, 0.05) is 25.4 Å². The number of carbonyl (C=O) groups is 3. The monoisotopic (exact) mass is 338 g/mol. The average molecular weight is 338 g/mol. The molecule has 3 amide bonds. The zero-order valence-corrected chi connectivity index (χ0v) is 13.5. The highest BCUT2D eigenvalue weighted by atomic mass is 16.2. The summed E-state index contributed by atoms with van der Waals surface area (Å²) in [4.78, 5) is 40.4. The molecule has 1 aliphatic heterocycles. The third-order valence-corrected chi connectivity index (χ3v) is 3.92. The number of rotatable bonds is 5. The van der Waals surface area contributed by atoms with Crippen LogP contribution in [0.3, 0.4) is 0 Å². The van der Waals surface area contributed by atoms with Crippen molar-refractivity contribution in [1.29, 1.82) is 0 Å². The van der Waals surface area contributed by atoms with Crippen LogP contribution in [0.2, 0.25) is 0 Å². The van der Waals surface area contributed by atoms with Crippen LogP contribution >= 0.6 is 0 Å². The van der Waals surface area contributed by atoms with Gasteiger partial charge in [-0.05, 0) is 30.2 Å². The second kappa shape index (κ2) is 7.57. The van der Waals surface area contributed by atoms with Crippen LogP contribution in [0.4, 0.5) is 5.69 Å². The molecule has 1 aliphatic rings. The molecule has 7 heteroatoms. The van der Waals surface area contributed by atoms with E-state index in [4.69, 9.17) is 0 Å². The predicted molar refractivity (Wildman–Crippen MR) is 91.6 cm³/mol. The Kier molecular flexibility index (Phi) is 5.03. The van der Waals surface area contributed by atoms with E-state index in [0.29, 0.717) is 17.8 Å². The molecule has 2 heterocycles. The van der Waals surface area contributed by atoms with Crippen LogP contribution in [0.25, 0.3) is 0 Å². The molecule has 7 nitrogen and oxygen atoms in total. The molecule has 0 spiro atoms. The number of pyridine rings is 1. The van der Waals surface area contributed by atoms with Crippen molar-refractivity contribution in [3.8, 4) is 0 Å². The molecule has 128 valence electrons. The summed E-state index contributed by atoms with van der Waals surface area (Å²) in [7, 11) is 0. The molecule has 1 aromatic carbocycles. The van der Waals surface area contributed by atoms with E-state index in [2.05, 4.69) is 20.9 Å². The number of amides is 3.